The van der Waals surface area contributed by atoms with Gasteiger partial charge in [-0.05, 0) is 98.2 Å². The van der Waals surface area contributed by atoms with E-state index in [1.165, 1.54) is 38.8 Å². The summed E-state index contributed by atoms with van der Waals surface area (Å²) in [6.07, 6.45) is 5.31. The Balaban J connectivity index is 1.33. The minimum atomic E-state index is 0.707. The van der Waals surface area contributed by atoms with Gasteiger partial charge in [0.05, 0.1) is 19.1 Å². The van der Waals surface area contributed by atoms with Crippen LogP contribution in [0.2, 0.25) is 0 Å². The molecule has 3 aromatic carbocycles. The van der Waals surface area contributed by atoms with Crippen molar-refractivity contribution in [3.63, 3.8) is 0 Å². The van der Waals surface area contributed by atoms with Crippen molar-refractivity contribution >= 4 is 21.4 Å². The third-order valence-corrected chi connectivity index (χ3v) is 7.81. The number of hydrogen-bond donors (Lipinski definition) is 0. The van der Waals surface area contributed by atoms with Crippen molar-refractivity contribution in [3.05, 3.63) is 66.7 Å². The van der Waals surface area contributed by atoms with Gasteiger partial charge in [0.2, 0.25) is 0 Å². The van der Waals surface area contributed by atoms with Crippen molar-refractivity contribution in [2.24, 2.45) is 0 Å². The van der Waals surface area contributed by atoms with Crippen LogP contribution in [-0.2, 0) is 0 Å². The van der Waals surface area contributed by atoms with E-state index >= 15 is 0 Å². The second-order valence-corrected chi connectivity index (χ2v) is 10.1. The molecule has 4 aromatic rings. The Morgan fingerprint density at radius 2 is 1.36 bits per heavy atom. The summed E-state index contributed by atoms with van der Waals surface area (Å²) in [4.78, 5) is 3.58. The minimum absolute atomic E-state index is 0.707. The molecule has 2 heterocycles. The number of hydrogen-bond acceptors (Lipinski definition) is 6. The fraction of sp³-hybridized carbons (Fsp3) is 0.333. The van der Waals surface area contributed by atoms with E-state index in [4.69, 9.17) is 18.9 Å². The number of methoxy groups -OCH3 is 2. The molecule has 1 aliphatic heterocycles. The maximum atomic E-state index is 6.49. The highest BCUT2D eigenvalue weighted by molar-refractivity contribution is 7.22. The molecule has 1 aromatic heterocycles. The molecule has 0 aliphatic carbocycles. The van der Waals surface area contributed by atoms with Crippen LogP contribution in [0.5, 0.6) is 28.7 Å². The van der Waals surface area contributed by atoms with E-state index in [0.717, 1.165) is 55.8 Å². The normalized spacial score (nSPS) is 14.4. The molecule has 0 atom stereocenters. The largest absolute Gasteiger partial charge is 0.497 e. The molecule has 0 saturated carbocycles. The van der Waals surface area contributed by atoms with E-state index in [0.29, 0.717) is 6.61 Å². The third-order valence-electron chi connectivity index (χ3n) is 6.62. The molecule has 0 radical (unpaired) electrons. The number of fused-ring (bicyclic) bond motifs is 1. The molecule has 1 fully saturated rings. The van der Waals surface area contributed by atoms with Crippen LogP contribution in [0.3, 0.4) is 0 Å². The molecule has 36 heavy (non-hydrogen) atoms. The molecule has 0 N–H and O–H groups in total. The van der Waals surface area contributed by atoms with Crippen LogP contribution in [0.1, 0.15) is 25.7 Å². The first-order valence-corrected chi connectivity index (χ1v) is 13.4. The van der Waals surface area contributed by atoms with Gasteiger partial charge in [0, 0.05) is 16.6 Å². The van der Waals surface area contributed by atoms with Gasteiger partial charge in [-0.25, -0.2) is 0 Å². The Labute approximate surface area is 217 Å². The zero-order valence-electron chi connectivity index (χ0n) is 21.0. The number of ether oxygens (including phenoxy) is 4. The number of rotatable bonds is 9. The van der Waals surface area contributed by atoms with Gasteiger partial charge in [0.15, 0.2) is 5.75 Å². The number of benzene rings is 3. The topological polar surface area (TPSA) is 40.2 Å². The lowest BCUT2D eigenvalue weighted by Gasteiger charge is -2.19. The molecular formula is C30H33NO4S. The van der Waals surface area contributed by atoms with E-state index in [9.17, 15) is 0 Å². The van der Waals surface area contributed by atoms with Crippen LogP contribution in [0.25, 0.3) is 20.5 Å². The summed E-state index contributed by atoms with van der Waals surface area (Å²) in [5.41, 5.74) is 1.08. The first kappa shape index (κ1) is 24.5. The molecule has 0 amide bonds. The van der Waals surface area contributed by atoms with Gasteiger partial charge >= 0.3 is 0 Å². The van der Waals surface area contributed by atoms with Gasteiger partial charge in [-0.3, -0.25) is 4.90 Å². The molecule has 6 heteroatoms. The summed E-state index contributed by atoms with van der Waals surface area (Å²) in [5, 5.41) is 1.06. The zero-order chi connectivity index (χ0) is 24.7. The second kappa shape index (κ2) is 11.7. The van der Waals surface area contributed by atoms with Crippen molar-refractivity contribution < 1.29 is 18.9 Å². The van der Waals surface area contributed by atoms with E-state index in [1.54, 1.807) is 25.6 Å². The second-order valence-electron chi connectivity index (χ2n) is 9.03. The van der Waals surface area contributed by atoms with Crippen LogP contribution in [0.4, 0.5) is 0 Å². The Hall–Kier alpha value is -3.22. The lowest BCUT2D eigenvalue weighted by molar-refractivity contribution is 0.214. The fourth-order valence-electron chi connectivity index (χ4n) is 4.59. The molecule has 1 saturated heterocycles. The molecule has 0 bridgehead atoms. The first-order chi connectivity index (χ1) is 17.7. The average molecular weight is 504 g/mol. The van der Waals surface area contributed by atoms with E-state index in [-0.39, 0.29) is 0 Å². The smallest absolute Gasteiger partial charge is 0.153 e. The third kappa shape index (κ3) is 5.77. The number of thiophene rings is 1. The zero-order valence-corrected chi connectivity index (χ0v) is 21.8. The van der Waals surface area contributed by atoms with Gasteiger partial charge in [-0.1, -0.05) is 12.8 Å². The van der Waals surface area contributed by atoms with Gasteiger partial charge in [0.25, 0.3) is 0 Å². The fourth-order valence-corrected chi connectivity index (χ4v) is 5.75. The minimum Gasteiger partial charge on any atom is -0.497 e. The maximum Gasteiger partial charge on any atom is 0.153 e. The highest BCUT2D eigenvalue weighted by atomic mass is 32.1. The molecule has 5 nitrogen and oxygen atoms in total. The summed E-state index contributed by atoms with van der Waals surface area (Å²) in [7, 11) is 3.37. The van der Waals surface area contributed by atoms with Crippen molar-refractivity contribution in [1.82, 2.24) is 4.90 Å². The molecule has 0 unspecified atom stereocenters. The van der Waals surface area contributed by atoms with E-state index in [2.05, 4.69) is 29.2 Å². The van der Waals surface area contributed by atoms with Crippen LogP contribution in [-0.4, -0.2) is 45.4 Å². The van der Waals surface area contributed by atoms with Crippen LogP contribution >= 0.6 is 11.3 Å². The molecular weight excluding hydrogens is 470 g/mol. The summed E-state index contributed by atoms with van der Waals surface area (Å²) in [6, 6.07) is 22.1. The predicted molar refractivity (Wildman–Crippen MR) is 147 cm³/mol. The molecule has 5 rings (SSSR count). The quantitative estimate of drug-likeness (QED) is 0.235. The maximum absolute atomic E-state index is 6.49. The van der Waals surface area contributed by atoms with Gasteiger partial charge in [-0.15, -0.1) is 11.3 Å². The van der Waals surface area contributed by atoms with E-state index in [1.807, 2.05) is 42.5 Å². The lowest BCUT2D eigenvalue weighted by atomic mass is 10.1. The van der Waals surface area contributed by atoms with Crippen molar-refractivity contribution in [3.8, 4) is 39.2 Å². The molecule has 188 valence electrons. The Bertz CT molecular complexity index is 1260. The summed E-state index contributed by atoms with van der Waals surface area (Å²) in [5.74, 6) is 4.15. The SMILES string of the molecule is COc1ccc(-c2sc3cc(OC)ccc3c2Oc2ccc(OCCN3CCCCCC3)cc2)cc1. The Morgan fingerprint density at radius 3 is 2.06 bits per heavy atom. The molecule has 0 spiro atoms. The van der Waals surface area contributed by atoms with Crippen LogP contribution in [0.15, 0.2) is 66.7 Å². The standard InChI is InChI=1S/C30H33NO4S/c1-32-23-9-7-22(8-10-23)30-29(27-16-15-26(33-2)21-28(27)36-30)35-25-13-11-24(12-14-25)34-20-19-31-17-5-3-4-6-18-31/h7-16,21H,3-6,17-20H2,1-2H3. The summed E-state index contributed by atoms with van der Waals surface area (Å²) < 4.78 is 24.4. The highest BCUT2D eigenvalue weighted by Crippen LogP contribution is 2.47. The summed E-state index contributed by atoms with van der Waals surface area (Å²) >= 11 is 1.69. The number of likely N-dealkylation sites (tertiary alicyclic amines) is 1. The van der Waals surface area contributed by atoms with Crippen molar-refractivity contribution in [1.29, 1.82) is 0 Å². The molecule has 1 aliphatic rings. The van der Waals surface area contributed by atoms with Crippen LogP contribution in [0, 0.1) is 0 Å². The van der Waals surface area contributed by atoms with E-state index < -0.39 is 0 Å². The monoisotopic (exact) mass is 503 g/mol. The lowest BCUT2D eigenvalue weighted by Crippen LogP contribution is -2.29. The predicted octanol–water partition coefficient (Wildman–Crippen LogP) is 7.63. The summed E-state index contributed by atoms with van der Waals surface area (Å²) in [6.45, 7) is 4.06. The van der Waals surface area contributed by atoms with Gasteiger partial charge in [0.1, 0.15) is 29.6 Å². The number of nitrogens with zero attached hydrogens (tertiary/aromatic N) is 1. The average Bonchev–Trinajstić information content (AvgIpc) is 3.08. The van der Waals surface area contributed by atoms with Gasteiger partial charge < -0.3 is 18.9 Å². The van der Waals surface area contributed by atoms with Crippen molar-refractivity contribution in [2.75, 3.05) is 40.5 Å². The highest BCUT2D eigenvalue weighted by Gasteiger charge is 2.17. The van der Waals surface area contributed by atoms with Crippen LogP contribution < -0.4 is 18.9 Å². The van der Waals surface area contributed by atoms with Crippen molar-refractivity contribution in [2.45, 2.75) is 25.7 Å². The van der Waals surface area contributed by atoms with Gasteiger partial charge in [-0.2, -0.15) is 0 Å². The first-order valence-electron chi connectivity index (χ1n) is 12.6. The Kier molecular flexibility index (Phi) is 7.94. The Morgan fingerprint density at radius 1 is 0.722 bits per heavy atom.